The van der Waals surface area contributed by atoms with Crippen molar-refractivity contribution in [3.8, 4) is 0 Å². The Bertz CT molecular complexity index is 1230. The average Bonchev–Trinajstić information content (AvgIpc) is 2.97. The van der Waals surface area contributed by atoms with Gasteiger partial charge in [-0.2, -0.15) is 26.3 Å². The van der Waals surface area contributed by atoms with Crippen molar-refractivity contribution in [2.75, 3.05) is 26.7 Å². The van der Waals surface area contributed by atoms with Gasteiger partial charge in [0.2, 0.25) is 11.8 Å². The summed E-state index contributed by atoms with van der Waals surface area (Å²) >= 11 is 12.2. The van der Waals surface area contributed by atoms with E-state index in [4.69, 9.17) is 23.2 Å². The third-order valence-electron chi connectivity index (χ3n) is 7.33. The number of hydrogen-bond acceptors (Lipinski definition) is 3. The summed E-state index contributed by atoms with van der Waals surface area (Å²) in [5.74, 6) is -0.850. The standard InChI is InChI=1S/C27H27Cl2F6N3O2/c1-36-7-4-20(5-8-36)38-23(13-16-2-3-21(28)22(29)12-16)25(40)37(9-6-24(38)39)15-17-10-18(26(30,31)32)14-19(11-17)27(33,34)35/h2-3,10-12,14,20,23H,4-9,13,15H2,1H3/t23-/m0/s1. The molecular weight excluding hydrogens is 583 g/mol. The molecule has 0 bridgehead atoms. The van der Waals surface area contributed by atoms with E-state index in [-0.39, 0.29) is 48.0 Å². The van der Waals surface area contributed by atoms with Crippen LogP contribution in [-0.4, -0.2) is 65.3 Å². The zero-order valence-corrected chi connectivity index (χ0v) is 23.0. The fraction of sp³-hybridized carbons (Fsp3) is 0.481. The first-order valence-electron chi connectivity index (χ1n) is 12.6. The van der Waals surface area contributed by atoms with Gasteiger partial charge >= 0.3 is 12.4 Å². The van der Waals surface area contributed by atoms with Gasteiger partial charge in [0.05, 0.1) is 21.2 Å². The highest BCUT2D eigenvalue weighted by Crippen LogP contribution is 2.37. The van der Waals surface area contributed by atoms with Gasteiger partial charge in [-0.05, 0) is 74.4 Å². The Morgan fingerprint density at radius 3 is 1.98 bits per heavy atom. The number of halogens is 8. The predicted octanol–water partition coefficient (Wildman–Crippen LogP) is 6.30. The summed E-state index contributed by atoms with van der Waals surface area (Å²) in [5, 5.41) is 0.547. The van der Waals surface area contributed by atoms with Crippen LogP contribution in [0.5, 0.6) is 0 Å². The number of hydrogen-bond donors (Lipinski definition) is 0. The van der Waals surface area contributed by atoms with Crippen LogP contribution in [-0.2, 0) is 34.9 Å². The first-order chi connectivity index (χ1) is 18.6. The van der Waals surface area contributed by atoms with Gasteiger partial charge < -0.3 is 14.7 Å². The minimum atomic E-state index is -5.02. The highest BCUT2D eigenvalue weighted by Gasteiger charge is 2.42. The first kappa shape index (κ1) is 30.5. The molecule has 2 heterocycles. The number of benzene rings is 2. The van der Waals surface area contributed by atoms with Crippen LogP contribution >= 0.6 is 23.2 Å². The van der Waals surface area contributed by atoms with Crippen molar-refractivity contribution in [1.29, 1.82) is 0 Å². The molecule has 0 spiro atoms. The molecule has 2 amide bonds. The van der Waals surface area contributed by atoms with Crippen LogP contribution in [0, 0.1) is 0 Å². The number of nitrogens with zero attached hydrogens (tertiary/aromatic N) is 3. The van der Waals surface area contributed by atoms with Gasteiger partial charge in [-0.25, -0.2) is 0 Å². The van der Waals surface area contributed by atoms with Crippen LogP contribution < -0.4 is 0 Å². The van der Waals surface area contributed by atoms with E-state index in [1.165, 1.54) is 4.90 Å². The molecule has 0 radical (unpaired) electrons. The lowest BCUT2D eigenvalue weighted by atomic mass is 9.97. The van der Waals surface area contributed by atoms with E-state index < -0.39 is 42.0 Å². The molecule has 0 aliphatic carbocycles. The maximum absolute atomic E-state index is 14.0. The summed E-state index contributed by atoms with van der Waals surface area (Å²) in [6.45, 7) is 0.751. The first-order valence-corrected chi connectivity index (χ1v) is 13.4. The van der Waals surface area contributed by atoms with E-state index in [0.717, 1.165) is 0 Å². The molecule has 4 rings (SSSR count). The topological polar surface area (TPSA) is 43.9 Å². The Labute approximate surface area is 237 Å². The van der Waals surface area contributed by atoms with Crippen molar-refractivity contribution < 1.29 is 35.9 Å². The maximum atomic E-state index is 14.0. The van der Waals surface area contributed by atoms with Crippen LogP contribution in [0.15, 0.2) is 36.4 Å². The van der Waals surface area contributed by atoms with Gasteiger partial charge in [-0.1, -0.05) is 29.3 Å². The predicted molar refractivity (Wildman–Crippen MR) is 138 cm³/mol. The molecule has 2 saturated heterocycles. The van der Waals surface area contributed by atoms with Gasteiger partial charge in [0.15, 0.2) is 0 Å². The highest BCUT2D eigenvalue weighted by atomic mass is 35.5. The van der Waals surface area contributed by atoms with E-state index in [1.807, 2.05) is 7.05 Å². The van der Waals surface area contributed by atoms with Crippen molar-refractivity contribution >= 4 is 35.0 Å². The summed E-state index contributed by atoms with van der Waals surface area (Å²) in [7, 11) is 1.95. The average molecular weight is 610 g/mol. The molecule has 0 unspecified atom stereocenters. The zero-order chi connectivity index (χ0) is 29.4. The van der Waals surface area contributed by atoms with Crippen molar-refractivity contribution in [1.82, 2.24) is 14.7 Å². The number of carbonyl (C=O) groups excluding carboxylic acids is 2. The van der Waals surface area contributed by atoms with Gasteiger partial charge in [-0.3, -0.25) is 9.59 Å². The number of alkyl halides is 6. The molecule has 0 saturated carbocycles. The second-order valence-electron chi connectivity index (χ2n) is 10.2. The molecule has 0 aromatic heterocycles. The molecule has 1 atom stereocenters. The van der Waals surface area contributed by atoms with Crippen LogP contribution in [0.25, 0.3) is 0 Å². The number of carbonyl (C=O) groups is 2. The minimum Gasteiger partial charge on any atom is -0.336 e. The van der Waals surface area contributed by atoms with Crippen molar-refractivity contribution in [2.45, 2.75) is 56.7 Å². The zero-order valence-electron chi connectivity index (χ0n) is 21.5. The third kappa shape index (κ3) is 7.03. The van der Waals surface area contributed by atoms with E-state index in [0.29, 0.717) is 48.6 Å². The summed E-state index contributed by atoms with van der Waals surface area (Å²) < 4.78 is 80.6. The number of likely N-dealkylation sites (tertiary alicyclic amines) is 1. The van der Waals surface area contributed by atoms with Gasteiger partial charge in [0.25, 0.3) is 0 Å². The summed E-state index contributed by atoms with van der Waals surface area (Å²) in [5.41, 5.74) is -2.64. The van der Waals surface area contributed by atoms with E-state index >= 15 is 0 Å². The second-order valence-corrected chi connectivity index (χ2v) is 11.0. The van der Waals surface area contributed by atoms with Crippen LogP contribution in [0.4, 0.5) is 26.3 Å². The molecule has 5 nitrogen and oxygen atoms in total. The normalized spacial score (nSPS) is 20.3. The molecule has 218 valence electrons. The van der Waals surface area contributed by atoms with Crippen LogP contribution in [0.3, 0.4) is 0 Å². The van der Waals surface area contributed by atoms with Crippen molar-refractivity contribution in [3.05, 3.63) is 68.7 Å². The molecule has 2 fully saturated rings. The molecule has 13 heteroatoms. The summed E-state index contributed by atoms with van der Waals surface area (Å²) in [6, 6.07) is 4.80. The molecule has 0 N–H and O–H groups in total. The quantitative estimate of drug-likeness (QED) is 0.374. The molecule has 40 heavy (non-hydrogen) atoms. The lowest BCUT2D eigenvalue weighted by Gasteiger charge is -2.41. The van der Waals surface area contributed by atoms with E-state index in [1.54, 1.807) is 23.1 Å². The number of amides is 2. The Kier molecular flexibility index (Phi) is 8.97. The molecule has 2 aliphatic heterocycles. The fourth-order valence-corrected chi connectivity index (χ4v) is 5.59. The lowest BCUT2D eigenvalue weighted by molar-refractivity contribution is -0.145. The van der Waals surface area contributed by atoms with Crippen molar-refractivity contribution in [2.24, 2.45) is 0 Å². The Morgan fingerprint density at radius 2 is 1.43 bits per heavy atom. The second kappa shape index (κ2) is 11.8. The SMILES string of the molecule is CN1CCC(N2C(=O)CCN(Cc3cc(C(F)(F)F)cc(C(F)(F)F)c3)C(=O)[C@@H]2Cc2ccc(Cl)c(Cl)c2)CC1. The van der Waals surface area contributed by atoms with Crippen LogP contribution in [0.2, 0.25) is 10.0 Å². The van der Waals surface area contributed by atoms with Gasteiger partial charge in [0.1, 0.15) is 6.04 Å². The molecule has 2 aromatic rings. The van der Waals surface area contributed by atoms with Crippen molar-refractivity contribution in [3.63, 3.8) is 0 Å². The minimum absolute atomic E-state index is 0.0478. The largest absolute Gasteiger partial charge is 0.416 e. The number of piperidine rings is 1. The summed E-state index contributed by atoms with van der Waals surface area (Å²) in [4.78, 5) is 32.2. The molecular formula is C27H27Cl2F6N3O2. The third-order valence-corrected chi connectivity index (χ3v) is 8.07. The number of rotatable bonds is 5. The van der Waals surface area contributed by atoms with Gasteiger partial charge in [-0.15, -0.1) is 0 Å². The van der Waals surface area contributed by atoms with Crippen LogP contribution in [0.1, 0.15) is 41.5 Å². The van der Waals surface area contributed by atoms with E-state index in [2.05, 4.69) is 4.90 Å². The maximum Gasteiger partial charge on any atom is 0.416 e. The molecule has 2 aromatic carbocycles. The Hall–Kier alpha value is -2.50. The Balaban J connectivity index is 1.70. The smallest absolute Gasteiger partial charge is 0.336 e. The summed E-state index contributed by atoms with van der Waals surface area (Å²) in [6.07, 6.45) is -8.85. The highest BCUT2D eigenvalue weighted by molar-refractivity contribution is 6.42. The van der Waals surface area contributed by atoms with E-state index in [9.17, 15) is 35.9 Å². The van der Waals surface area contributed by atoms with Gasteiger partial charge in [0, 0.05) is 32.0 Å². The lowest BCUT2D eigenvalue weighted by Crippen LogP contribution is -2.55. The fourth-order valence-electron chi connectivity index (χ4n) is 5.27. The monoisotopic (exact) mass is 609 g/mol. The molecule has 2 aliphatic rings. The Morgan fingerprint density at radius 1 is 0.825 bits per heavy atom.